The number of aryl methyl sites for hydroxylation is 1. The molecule has 0 unspecified atom stereocenters. The Morgan fingerprint density at radius 3 is 2.17 bits per heavy atom. The zero-order valence-electron chi connectivity index (χ0n) is 21.8. The van der Waals surface area contributed by atoms with Crippen LogP contribution >= 0.6 is 11.3 Å². The molecule has 40 heavy (non-hydrogen) atoms. The number of fused-ring (bicyclic) bond motifs is 1. The lowest BCUT2D eigenvalue weighted by Crippen LogP contribution is -2.38. The summed E-state index contributed by atoms with van der Waals surface area (Å²) in [6.07, 6.45) is 3.52. The van der Waals surface area contributed by atoms with Crippen molar-refractivity contribution in [2.45, 2.75) is 30.6 Å². The molecule has 0 fully saturated rings. The third kappa shape index (κ3) is 5.88. The normalized spacial score (nSPS) is 12.7. The molecule has 0 saturated heterocycles. The van der Waals surface area contributed by atoms with Gasteiger partial charge in [-0.25, -0.2) is 13.2 Å². The van der Waals surface area contributed by atoms with Crippen LogP contribution in [0.25, 0.3) is 0 Å². The third-order valence-corrected chi connectivity index (χ3v) is 9.53. The molecule has 0 bridgehead atoms. The van der Waals surface area contributed by atoms with Crippen molar-refractivity contribution in [1.29, 1.82) is 0 Å². The SMILES string of the molecule is COC(=O)c1c(NC(=O)CN(c2ccc(Oc3ccccc3)cc2)S(=O)(=O)c2ccccc2)sc2c1CCCC2. The first-order valence-electron chi connectivity index (χ1n) is 12.8. The number of hydrogen-bond acceptors (Lipinski definition) is 7. The lowest BCUT2D eigenvalue weighted by molar-refractivity contribution is -0.114. The van der Waals surface area contributed by atoms with Crippen LogP contribution in [0.2, 0.25) is 0 Å². The van der Waals surface area contributed by atoms with Crippen LogP contribution in [0.4, 0.5) is 10.7 Å². The molecule has 1 aliphatic rings. The summed E-state index contributed by atoms with van der Waals surface area (Å²) in [7, 11) is -2.80. The zero-order chi connectivity index (χ0) is 28.1. The van der Waals surface area contributed by atoms with Gasteiger partial charge in [-0.2, -0.15) is 0 Å². The van der Waals surface area contributed by atoms with E-state index in [1.807, 2.05) is 30.3 Å². The van der Waals surface area contributed by atoms with Crippen molar-refractivity contribution >= 4 is 43.9 Å². The first-order chi connectivity index (χ1) is 19.4. The number of para-hydroxylation sites is 1. The van der Waals surface area contributed by atoms with Crippen LogP contribution < -0.4 is 14.4 Å². The number of nitrogens with zero attached hydrogens (tertiary/aromatic N) is 1. The number of thiophene rings is 1. The van der Waals surface area contributed by atoms with Gasteiger partial charge in [0.2, 0.25) is 5.91 Å². The molecule has 0 radical (unpaired) electrons. The van der Waals surface area contributed by atoms with Crippen molar-refractivity contribution in [3.05, 3.63) is 101 Å². The number of carbonyl (C=O) groups is 2. The van der Waals surface area contributed by atoms with E-state index in [-0.39, 0.29) is 10.6 Å². The van der Waals surface area contributed by atoms with Gasteiger partial charge in [-0.15, -0.1) is 11.3 Å². The lowest BCUT2D eigenvalue weighted by atomic mass is 9.95. The Balaban J connectivity index is 1.44. The van der Waals surface area contributed by atoms with Crippen molar-refractivity contribution < 1.29 is 27.5 Å². The van der Waals surface area contributed by atoms with E-state index in [2.05, 4.69) is 5.32 Å². The second kappa shape index (κ2) is 11.9. The van der Waals surface area contributed by atoms with Crippen molar-refractivity contribution in [2.75, 3.05) is 23.3 Å². The highest BCUT2D eigenvalue weighted by atomic mass is 32.2. The largest absolute Gasteiger partial charge is 0.465 e. The van der Waals surface area contributed by atoms with Gasteiger partial charge in [0.05, 0.1) is 23.3 Å². The van der Waals surface area contributed by atoms with Crippen molar-refractivity contribution in [3.8, 4) is 11.5 Å². The van der Waals surface area contributed by atoms with Crippen molar-refractivity contribution in [2.24, 2.45) is 0 Å². The Morgan fingerprint density at radius 1 is 0.875 bits per heavy atom. The summed E-state index contributed by atoms with van der Waals surface area (Å²) in [5.41, 5.74) is 1.55. The van der Waals surface area contributed by atoms with Crippen molar-refractivity contribution in [1.82, 2.24) is 0 Å². The van der Waals surface area contributed by atoms with Crippen LogP contribution in [-0.4, -0.2) is 33.9 Å². The minimum absolute atomic E-state index is 0.0502. The zero-order valence-corrected chi connectivity index (χ0v) is 23.5. The molecule has 1 N–H and O–H groups in total. The summed E-state index contributed by atoms with van der Waals surface area (Å²) in [6.45, 7) is -0.501. The van der Waals surface area contributed by atoms with Gasteiger partial charge in [0.25, 0.3) is 10.0 Å². The van der Waals surface area contributed by atoms with E-state index in [4.69, 9.17) is 9.47 Å². The Bertz CT molecular complexity index is 1600. The molecule has 0 spiro atoms. The van der Waals surface area contributed by atoms with Gasteiger partial charge in [0.1, 0.15) is 23.0 Å². The molecular formula is C30H28N2O6S2. The van der Waals surface area contributed by atoms with E-state index in [1.54, 1.807) is 42.5 Å². The number of benzene rings is 3. The highest BCUT2D eigenvalue weighted by Crippen LogP contribution is 2.38. The summed E-state index contributed by atoms with van der Waals surface area (Å²) < 4.78 is 39.3. The molecule has 3 aromatic carbocycles. The molecule has 10 heteroatoms. The quantitative estimate of drug-likeness (QED) is 0.244. The van der Waals surface area contributed by atoms with E-state index >= 15 is 0 Å². The number of ether oxygens (including phenoxy) is 2. The van der Waals surface area contributed by atoms with Crippen LogP contribution in [0.1, 0.15) is 33.6 Å². The number of anilines is 2. The highest BCUT2D eigenvalue weighted by Gasteiger charge is 2.30. The van der Waals surface area contributed by atoms with Gasteiger partial charge in [0.15, 0.2) is 0 Å². The third-order valence-electron chi connectivity index (χ3n) is 6.54. The molecule has 5 rings (SSSR count). The average Bonchev–Trinajstić information content (AvgIpc) is 3.34. The standard InChI is InChI=1S/C30H28N2O6S2/c1-37-30(34)28-25-14-8-9-15-26(25)39-29(28)31-27(33)20-32(40(35,36)24-12-6-3-7-13-24)21-16-18-23(19-17-21)38-22-10-4-2-5-11-22/h2-7,10-13,16-19H,8-9,14-15,20H2,1H3,(H,31,33). The summed E-state index contributed by atoms with van der Waals surface area (Å²) in [5, 5.41) is 3.18. The van der Waals surface area contributed by atoms with Crippen LogP contribution in [0.3, 0.4) is 0 Å². The van der Waals surface area contributed by atoms with Crippen LogP contribution in [0.5, 0.6) is 11.5 Å². The molecule has 1 aliphatic carbocycles. The Morgan fingerprint density at radius 2 is 1.50 bits per heavy atom. The first-order valence-corrected chi connectivity index (χ1v) is 15.1. The maximum Gasteiger partial charge on any atom is 0.341 e. The molecular weight excluding hydrogens is 548 g/mol. The number of nitrogens with one attached hydrogen (secondary N) is 1. The predicted octanol–water partition coefficient (Wildman–Crippen LogP) is 6.04. The molecule has 1 amide bonds. The van der Waals surface area contributed by atoms with E-state index in [9.17, 15) is 18.0 Å². The Kier molecular flexibility index (Phi) is 8.18. The molecule has 0 atom stereocenters. The van der Waals surface area contributed by atoms with E-state index in [1.165, 1.54) is 30.6 Å². The van der Waals surface area contributed by atoms with Gasteiger partial charge < -0.3 is 14.8 Å². The summed E-state index contributed by atoms with van der Waals surface area (Å²) in [6, 6.07) is 23.6. The smallest absolute Gasteiger partial charge is 0.341 e. The number of amides is 1. The fraction of sp³-hybridized carbons (Fsp3) is 0.200. The van der Waals surface area contributed by atoms with Crippen molar-refractivity contribution in [3.63, 3.8) is 0 Å². The molecule has 0 aliphatic heterocycles. The highest BCUT2D eigenvalue weighted by molar-refractivity contribution is 7.92. The molecule has 4 aromatic rings. The molecule has 1 heterocycles. The fourth-order valence-corrected chi connectivity index (χ4v) is 7.34. The maximum absolute atomic E-state index is 13.7. The number of carbonyl (C=O) groups excluding carboxylic acids is 2. The van der Waals surface area contributed by atoms with Gasteiger partial charge in [0, 0.05) is 4.88 Å². The molecule has 206 valence electrons. The maximum atomic E-state index is 13.7. The van der Waals surface area contributed by atoms with Crippen LogP contribution in [-0.2, 0) is 32.4 Å². The number of sulfonamides is 1. The second-order valence-electron chi connectivity index (χ2n) is 9.19. The molecule has 0 saturated carbocycles. The van der Waals surface area contributed by atoms with E-state index < -0.39 is 28.4 Å². The topological polar surface area (TPSA) is 102 Å². The van der Waals surface area contributed by atoms with Gasteiger partial charge in [-0.3, -0.25) is 9.10 Å². The van der Waals surface area contributed by atoms with Crippen LogP contribution in [0, 0.1) is 0 Å². The second-order valence-corrected chi connectivity index (χ2v) is 12.2. The molecule has 8 nitrogen and oxygen atoms in total. The predicted molar refractivity (Wildman–Crippen MR) is 155 cm³/mol. The van der Waals surface area contributed by atoms with Crippen LogP contribution in [0.15, 0.2) is 89.8 Å². The van der Waals surface area contributed by atoms with E-state index in [0.29, 0.717) is 22.1 Å². The minimum atomic E-state index is -4.10. The number of hydrogen-bond donors (Lipinski definition) is 1. The Labute approximate surface area is 237 Å². The average molecular weight is 577 g/mol. The van der Waals surface area contributed by atoms with Gasteiger partial charge in [-0.1, -0.05) is 36.4 Å². The first kappa shape index (κ1) is 27.4. The summed E-state index contributed by atoms with van der Waals surface area (Å²) in [5.74, 6) is 0.0668. The summed E-state index contributed by atoms with van der Waals surface area (Å²) >= 11 is 1.35. The van der Waals surface area contributed by atoms with Gasteiger partial charge in [-0.05, 0) is 79.8 Å². The molecule has 1 aromatic heterocycles. The number of rotatable bonds is 9. The van der Waals surface area contributed by atoms with Gasteiger partial charge >= 0.3 is 5.97 Å². The monoisotopic (exact) mass is 576 g/mol. The number of esters is 1. The Hall–Kier alpha value is -4.15. The fourth-order valence-electron chi connectivity index (χ4n) is 4.61. The lowest BCUT2D eigenvalue weighted by Gasteiger charge is -2.24. The minimum Gasteiger partial charge on any atom is -0.465 e. The number of methoxy groups -OCH3 is 1. The van der Waals surface area contributed by atoms with E-state index in [0.717, 1.165) is 40.4 Å². The summed E-state index contributed by atoms with van der Waals surface area (Å²) in [4.78, 5) is 27.1.